The van der Waals surface area contributed by atoms with Gasteiger partial charge in [0, 0.05) is 24.4 Å². The number of amides is 1. The lowest BCUT2D eigenvalue weighted by Gasteiger charge is -2.10. The molecule has 0 spiro atoms. The van der Waals surface area contributed by atoms with E-state index < -0.39 is 0 Å². The zero-order valence-electron chi connectivity index (χ0n) is 15.9. The molecule has 1 heterocycles. The van der Waals surface area contributed by atoms with Crippen molar-refractivity contribution in [3.8, 4) is 0 Å². The zero-order chi connectivity index (χ0) is 19.1. The van der Waals surface area contributed by atoms with Crippen molar-refractivity contribution in [2.75, 3.05) is 6.54 Å². The monoisotopic (exact) mass is 359 g/mol. The van der Waals surface area contributed by atoms with Gasteiger partial charge < -0.3 is 5.32 Å². The minimum Gasteiger partial charge on any atom is -0.352 e. The maximum atomic E-state index is 12.8. The Morgan fingerprint density at radius 2 is 1.70 bits per heavy atom. The van der Waals surface area contributed by atoms with Crippen LogP contribution in [0.4, 0.5) is 0 Å². The molecule has 0 saturated heterocycles. The van der Waals surface area contributed by atoms with Gasteiger partial charge in [0.25, 0.3) is 5.91 Å². The number of hydrogen-bond acceptors (Lipinski definition) is 2. The van der Waals surface area contributed by atoms with E-state index in [1.165, 1.54) is 0 Å². The molecule has 4 nitrogen and oxygen atoms in total. The molecule has 0 aliphatic rings. The molecule has 1 N–H and O–H groups in total. The third-order valence-electron chi connectivity index (χ3n) is 4.38. The molecule has 138 valence electrons. The summed E-state index contributed by atoms with van der Waals surface area (Å²) in [4.78, 5) is 12.8. The van der Waals surface area contributed by atoms with Crippen molar-refractivity contribution in [3.05, 3.63) is 89.2 Å². The normalized spacial score (nSPS) is 11.4. The molecule has 4 heteroatoms. The van der Waals surface area contributed by atoms with Gasteiger partial charge in [0.05, 0.1) is 5.69 Å². The molecule has 1 aromatic heterocycles. The van der Waals surface area contributed by atoms with Crippen molar-refractivity contribution < 1.29 is 4.79 Å². The SMILES string of the molecule is Cc1cc(C)n(CCCNC(=O)/C(=C\c2ccccc2)c2ccccc2)n1. The van der Waals surface area contributed by atoms with Crippen LogP contribution in [0.25, 0.3) is 11.6 Å². The van der Waals surface area contributed by atoms with Gasteiger partial charge in [0.2, 0.25) is 0 Å². The van der Waals surface area contributed by atoms with Gasteiger partial charge in [-0.05, 0) is 43.5 Å². The van der Waals surface area contributed by atoms with Crippen molar-refractivity contribution in [1.82, 2.24) is 15.1 Å². The minimum atomic E-state index is -0.0570. The van der Waals surface area contributed by atoms with Crippen molar-refractivity contribution in [2.24, 2.45) is 0 Å². The molecule has 27 heavy (non-hydrogen) atoms. The summed E-state index contributed by atoms with van der Waals surface area (Å²) >= 11 is 0. The second kappa shape index (κ2) is 8.99. The number of carbonyl (C=O) groups is 1. The van der Waals surface area contributed by atoms with Gasteiger partial charge in [-0.1, -0.05) is 60.7 Å². The summed E-state index contributed by atoms with van der Waals surface area (Å²) in [6.07, 6.45) is 2.77. The summed E-state index contributed by atoms with van der Waals surface area (Å²) in [5.41, 5.74) is 4.76. The standard InChI is InChI=1S/C23H25N3O/c1-18-16-19(2)26(25-18)15-9-14-24-23(27)22(21-12-7-4-8-13-21)17-20-10-5-3-6-11-20/h3-8,10-13,16-17H,9,14-15H2,1-2H3,(H,24,27)/b22-17-. The molecule has 2 aromatic carbocycles. The van der Waals surface area contributed by atoms with E-state index in [9.17, 15) is 4.79 Å². The Bertz CT molecular complexity index is 911. The molecule has 3 aromatic rings. The summed E-state index contributed by atoms with van der Waals surface area (Å²) < 4.78 is 1.99. The van der Waals surface area contributed by atoms with Crippen molar-refractivity contribution in [2.45, 2.75) is 26.8 Å². The Morgan fingerprint density at radius 1 is 1.04 bits per heavy atom. The first kappa shape index (κ1) is 18.6. The first-order chi connectivity index (χ1) is 13.1. The van der Waals surface area contributed by atoms with Crippen LogP contribution < -0.4 is 5.32 Å². The van der Waals surface area contributed by atoms with Crippen LogP contribution in [0, 0.1) is 13.8 Å². The van der Waals surface area contributed by atoms with E-state index in [4.69, 9.17) is 0 Å². The van der Waals surface area contributed by atoms with E-state index >= 15 is 0 Å². The highest BCUT2D eigenvalue weighted by Gasteiger charge is 2.11. The highest BCUT2D eigenvalue weighted by Crippen LogP contribution is 2.18. The van der Waals surface area contributed by atoms with Gasteiger partial charge >= 0.3 is 0 Å². The molecule has 0 unspecified atom stereocenters. The van der Waals surface area contributed by atoms with Crippen molar-refractivity contribution in [1.29, 1.82) is 0 Å². The average molecular weight is 359 g/mol. The predicted molar refractivity (Wildman–Crippen MR) is 110 cm³/mol. The molecular formula is C23H25N3O. The van der Waals surface area contributed by atoms with Crippen LogP contribution in [0.5, 0.6) is 0 Å². The van der Waals surface area contributed by atoms with Crippen LogP contribution in [-0.2, 0) is 11.3 Å². The number of aryl methyl sites for hydroxylation is 3. The number of nitrogens with one attached hydrogen (secondary N) is 1. The van der Waals surface area contributed by atoms with E-state index in [0.717, 1.165) is 35.5 Å². The lowest BCUT2D eigenvalue weighted by molar-refractivity contribution is -0.115. The minimum absolute atomic E-state index is 0.0570. The summed E-state index contributed by atoms with van der Waals surface area (Å²) in [5, 5.41) is 7.51. The lowest BCUT2D eigenvalue weighted by Crippen LogP contribution is -2.26. The van der Waals surface area contributed by atoms with Crippen LogP contribution in [0.1, 0.15) is 28.9 Å². The Kier molecular flexibility index (Phi) is 6.21. The largest absolute Gasteiger partial charge is 0.352 e. The van der Waals surface area contributed by atoms with Gasteiger partial charge in [0.15, 0.2) is 0 Å². The topological polar surface area (TPSA) is 46.9 Å². The van der Waals surface area contributed by atoms with Crippen LogP contribution in [0.2, 0.25) is 0 Å². The molecule has 0 radical (unpaired) electrons. The van der Waals surface area contributed by atoms with Gasteiger partial charge in [-0.2, -0.15) is 5.10 Å². The molecule has 0 aliphatic carbocycles. The first-order valence-corrected chi connectivity index (χ1v) is 9.25. The maximum Gasteiger partial charge on any atom is 0.251 e. The Morgan fingerprint density at radius 3 is 2.33 bits per heavy atom. The first-order valence-electron chi connectivity index (χ1n) is 9.25. The summed E-state index contributed by atoms with van der Waals surface area (Å²) in [7, 11) is 0. The van der Waals surface area contributed by atoms with E-state index in [2.05, 4.69) is 23.4 Å². The van der Waals surface area contributed by atoms with Crippen LogP contribution >= 0.6 is 0 Å². The number of nitrogens with zero attached hydrogens (tertiary/aromatic N) is 2. The molecule has 0 atom stereocenters. The molecular weight excluding hydrogens is 334 g/mol. The molecule has 1 amide bonds. The Labute approximate surface area is 160 Å². The number of benzene rings is 2. The van der Waals surface area contributed by atoms with Gasteiger partial charge in [-0.25, -0.2) is 0 Å². The molecule has 0 fully saturated rings. The van der Waals surface area contributed by atoms with Gasteiger partial charge in [-0.15, -0.1) is 0 Å². The summed E-state index contributed by atoms with van der Waals surface area (Å²) in [6.45, 7) is 5.44. The summed E-state index contributed by atoms with van der Waals surface area (Å²) in [5.74, 6) is -0.0570. The molecule has 0 bridgehead atoms. The zero-order valence-corrected chi connectivity index (χ0v) is 15.9. The maximum absolute atomic E-state index is 12.8. The van der Waals surface area contributed by atoms with E-state index in [1.54, 1.807) is 0 Å². The smallest absolute Gasteiger partial charge is 0.251 e. The lowest BCUT2D eigenvalue weighted by atomic mass is 10.0. The fraction of sp³-hybridized carbons (Fsp3) is 0.217. The fourth-order valence-corrected chi connectivity index (χ4v) is 3.04. The third-order valence-corrected chi connectivity index (χ3v) is 4.38. The number of carbonyl (C=O) groups excluding carboxylic acids is 1. The fourth-order valence-electron chi connectivity index (χ4n) is 3.04. The van der Waals surface area contributed by atoms with Gasteiger partial charge in [-0.3, -0.25) is 9.48 Å². The van der Waals surface area contributed by atoms with Crippen molar-refractivity contribution >= 4 is 17.6 Å². The van der Waals surface area contributed by atoms with Crippen molar-refractivity contribution in [3.63, 3.8) is 0 Å². The van der Waals surface area contributed by atoms with E-state index in [1.807, 2.05) is 78.3 Å². The van der Waals surface area contributed by atoms with Crippen LogP contribution in [0.15, 0.2) is 66.7 Å². The molecule has 3 rings (SSSR count). The Balaban J connectivity index is 1.66. The van der Waals surface area contributed by atoms with E-state index in [0.29, 0.717) is 12.1 Å². The second-order valence-electron chi connectivity index (χ2n) is 6.59. The highest BCUT2D eigenvalue weighted by molar-refractivity contribution is 6.24. The van der Waals surface area contributed by atoms with E-state index in [-0.39, 0.29) is 5.91 Å². The Hall–Kier alpha value is -3.14. The second-order valence-corrected chi connectivity index (χ2v) is 6.59. The number of rotatable bonds is 7. The molecule has 0 saturated carbocycles. The molecule has 0 aliphatic heterocycles. The van der Waals surface area contributed by atoms with Gasteiger partial charge in [0.1, 0.15) is 0 Å². The third kappa shape index (κ3) is 5.17. The van der Waals surface area contributed by atoms with Crippen LogP contribution in [0.3, 0.4) is 0 Å². The summed E-state index contributed by atoms with van der Waals surface area (Å²) in [6, 6.07) is 21.8. The predicted octanol–water partition coefficient (Wildman–Crippen LogP) is 4.25. The number of aromatic nitrogens is 2. The quantitative estimate of drug-likeness (QED) is 0.389. The average Bonchev–Trinajstić information content (AvgIpc) is 3.01. The number of hydrogen-bond donors (Lipinski definition) is 1. The highest BCUT2D eigenvalue weighted by atomic mass is 16.1. The van der Waals surface area contributed by atoms with Crippen LogP contribution in [-0.4, -0.2) is 22.2 Å².